The Kier molecular flexibility index (Phi) is 47.5. The maximum Gasteiger partial charge on any atom is 0.472 e. The number of hydrogen-bond donors (Lipinski definition) is 1. The van der Waals surface area contributed by atoms with Gasteiger partial charge < -0.3 is 18.9 Å². The number of esters is 1. The van der Waals surface area contributed by atoms with Crippen LogP contribution >= 0.6 is 7.82 Å². The first-order valence-corrected chi connectivity index (χ1v) is 28.1. The van der Waals surface area contributed by atoms with Gasteiger partial charge in [0.25, 0.3) is 0 Å². The van der Waals surface area contributed by atoms with Crippen molar-refractivity contribution >= 4 is 13.8 Å². The van der Waals surface area contributed by atoms with Crippen LogP contribution in [0.4, 0.5) is 0 Å². The van der Waals surface area contributed by atoms with E-state index in [0.29, 0.717) is 24.1 Å². The van der Waals surface area contributed by atoms with Crippen LogP contribution in [0.25, 0.3) is 0 Å². The van der Waals surface area contributed by atoms with Crippen LogP contribution in [0.2, 0.25) is 0 Å². The molecular weight excluding hydrogens is 854 g/mol. The van der Waals surface area contributed by atoms with Crippen molar-refractivity contribution in [1.29, 1.82) is 0 Å². The minimum atomic E-state index is -4.31. The summed E-state index contributed by atoms with van der Waals surface area (Å²) in [4.78, 5) is 23.0. The zero-order valence-electron chi connectivity index (χ0n) is 43.6. The van der Waals surface area contributed by atoms with Crippen molar-refractivity contribution in [2.24, 2.45) is 0 Å². The molecule has 0 aromatic rings. The topological polar surface area (TPSA) is 91.3 Å². The summed E-state index contributed by atoms with van der Waals surface area (Å²) in [5.74, 6) is -0.361. The summed E-state index contributed by atoms with van der Waals surface area (Å²) in [5, 5.41) is 0. The highest BCUT2D eigenvalue weighted by Crippen LogP contribution is 2.43. The standard InChI is InChI=1S/C58H100NO7P/c1-6-8-10-12-14-16-18-20-22-24-26-28-29-30-32-34-36-38-40-42-44-46-48-50-53-63-55-57(56-65-67(61,62)64-54-52-59(3,4)5)66-58(60)51-49-47-45-43-41-39-37-35-33-31-27-25-23-21-19-17-15-13-11-9-7-2/h9,11,15,17-18,20-21,23-24,26-27,29-31,35,37,41,43,57H,6-8,10,12-14,16,19,22,25,28,32-34,36,38-40,42,44-56H2,1-5H3/p+1/b11-9-,17-15-,20-18-,23-21-,26-24-,30-29-,31-27-,37-35-,43-41-. The number of rotatable bonds is 48. The third-order valence-electron chi connectivity index (χ3n) is 10.8. The predicted molar refractivity (Wildman–Crippen MR) is 288 cm³/mol. The van der Waals surface area contributed by atoms with Crippen molar-refractivity contribution in [1.82, 2.24) is 0 Å². The average Bonchev–Trinajstić information content (AvgIpc) is 3.29. The minimum Gasteiger partial charge on any atom is -0.457 e. The van der Waals surface area contributed by atoms with Crippen LogP contribution in [0.5, 0.6) is 0 Å². The predicted octanol–water partition coefficient (Wildman–Crippen LogP) is 16.7. The smallest absolute Gasteiger partial charge is 0.457 e. The molecule has 0 aliphatic rings. The second-order valence-corrected chi connectivity index (χ2v) is 20.0. The van der Waals surface area contributed by atoms with E-state index in [-0.39, 0.29) is 32.2 Å². The monoisotopic (exact) mass is 955 g/mol. The zero-order chi connectivity index (χ0) is 49.0. The van der Waals surface area contributed by atoms with Crippen molar-refractivity contribution < 1.29 is 37.3 Å². The van der Waals surface area contributed by atoms with Gasteiger partial charge in [0.05, 0.1) is 34.4 Å². The van der Waals surface area contributed by atoms with Gasteiger partial charge in [0.2, 0.25) is 0 Å². The van der Waals surface area contributed by atoms with Crippen LogP contribution in [0, 0.1) is 0 Å². The lowest BCUT2D eigenvalue weighted by Gasteiger charge is -2.24. The molecule has 0 fully saturated rings. The van der Waals surface area contributed by atoms with Crippen LogP contribution < -0.4 is 0 Å². The highest BCUT2D eigenvalue weighted by Gasteiger charge is 2.26. The lowest BCUT2D eigenvalue weighted by molar-refractivity contribution is -0.870. The normalized spacial score (nSPS) is 14.4. The van der Waals surface area contributed by atoms with Crippen molar-refractivity contribution in [3.63, 3.8) is 0 Å². The first-order chi connectivity index (χ1) is 32.6. The number of carbonyl (C=O) groups is 1. The van der Waals surface area contributed by atoms with Crippen LogP contribution in [-0.4, -0.2) is 75.6 Å². The summed E-state index contributed by atoms with van der Waals surface area (Å²) in [5.41, 5.74) is 0. The fraction of sp³-hybridized carbons (Fsp3) is 0.672. The Labute approximate surface area is 412 Å². The van der Waals surface area contributed by atoms with Crippen LogP contribution in [0.15, 0.2) is 109 Å². The van der Waals surface area contributed by atoms with Crippen LogP contribution in [0.1, 0.15) is 194 Å². The SMILES string of the molecule is CC/C=C\C/C=C\C/C=C\C/C=C\C/C=C\C/C=C\CCCCC(=O)OC(COCCCCCCCCCCC/C=C\C/C=C\C/C=C\CCCCCCC)COP(=O)(O)OCC[N+](C)(C)C. The molecule has 0 amide bonds. The summed E-state index contributed by atoms with van der Waals surface area (Å²) in [6, 6.07) is 0. The fourth-order valence-corrected chi connectivity index (χ4v) is 7.48. The maximum atomic E-state index is 12.8. The molecule has 2 unspecified atom stereocenters. The quantitative estimate of drug-likeness (QED) is 0.0214. The van der Waals surface area contributed by atoms with Gasteiger partial charge in [0.1, 0.15) is 19.3 Å². The van der Waals surface area contributed by atoms with Gasteiger partial charge in [-0.25, -0.2) is 4.57 Å². The Bertz CT molecular complexity index is 1430. The van der Waals surface area contributed by atoms with Crippen molar-refractivity contribution in [3.8, 4) is 0 Å². The Morgan fingerprint density at radius 2 is 0.866 bits per heavy atom. The summed E-state index contributed by atoms with van der Waals surface area (Å²) >= 11 is 0. The summed E-state index contributed by atoms with van der Waals surface area (Å²) in [6.07, 6.45) is 70.0. The van der Waals surface area contributed by atoms with Gasteiger partial charge in [-0.15, -0.1) is 0 Å². The Balaban J connectivity index is 4.25. The molecule has 0 aliphatic carbocycles. The van der Waals surface area contributed by atoms with E-state index in [1.165, 1.54) is 89.9 Å². The van der Waals surface area contributed by atoms with E-state index in [1.807, 2.05) is 21.1 Å². The van der Waals surface area contributed by atoms with E-state index in [9.17, 15) is 14.3 Å². The van der Waals surface area contributed by atoms with Gasteiger partial charge in [0, 0.05) is 13.0 Å². The number of unbranched alkanes of at least 4 members (excludes halogenated alkanes) is 16. The Morgan fingerprint density at radius 3 is 1.30 bits per heavy atom. The van der Waals surface area contributed by atoms with Crippen LogP contribution in [0.3, 0.4) is 0 Å². The number of phosphoric ester groups is 1. The highest BCUT2D eigenvalue weighted by molar-refractivity contribution is 7.47. The molecule has 384 valence electrons. The first kappa shape index (κ1) is 64.2. The maximum absolute atomic E-state index is 12.8. The summed E-state index contributed by atoms with van der Waals surface area (Å²) < 4.78 is 35.1. The lowest BCUT2D eigenvalue weighted by Crippen LogP contribution is -2.37. The minimum absolute atomic E-state index is 0.0723. The molecule has 0 aliphatic heterocycles. The molecule has 0 saturated carbocycles. The van der Waals surface area contributed by atoms with E-state index in [4.69, 9.17) is 18.5 Å². The highest BCUT2D eigenvalue weighted by atomic mass is 31.2. The molecule has 0 spiro atoms. The van der Waals surface area contributed by atoms with Gasteiger partial charge in [-0.1, -0.05) is 194 Å². The molecule has 8 nitrogen and oxygen atoms in total. The third kappa shape index (κ3) is 54.0. The molecule has 0 saturated heterocycles. The Hall–Kier alpha value is -2.84. The van der Waals surface area contributed by atoms with Gasteiger partial charge in [-0.05, 0) is 103 Å². The van der Waals surface area contributed by atoms with E-state index < -0.39 is 13.9 Å². The fourth-order valence-electron chi connectivity index (χ4n) is 6.74. The number of hydrogen-bond acceptors (Lipinski definition) is 6. The first-order valence-electron chi connectivity index (χ1n) is 26.6. The average molecular weight is 955 g/mol. The van der Waals surface area contributed by atoms with Crippen LogP contribution in [-0.2, 0) is 27.9 Å². The number of phosphoric acid groups is 1. The second kappa shape index (κ2) is 49.6. The number of quaternary nitrogens is 1. The molecule has 0 radical (unpaired) electrons. The molecule has 0 rings (SSSR count). The van der Waals surface area contributed by atoms with Gasteiger partial charge in [-0.3, -0.25) is 13.8 Å². The van der Waals surface area contributed by atoms with Gasteiger partial charge in [0.15, 0.2) is 0 Å². The largest absolute Gasteiger partial charge is 0.472 e. The number of allylic oxidation sites excluding steroid dienone is 18. The molecule has 0 aromatic heterocycles. The summed E-state index contributed by atoms with van der Waals surface area (Å²) in [7, 11) is 1.62. The zero-order valence-corrected chi connectivity index (χ0v) is 44.5. The Morgan fingerprint density at radius 1 is 0.478 bits per heavy atom. The van der Waals surface area contributed by atoms with Crippen molar-refractivity contribution in [2.45, 2.75) is 200 Å². The molecule has 1 N–H and O–H groups in total. The number of ether oxygens (including phenoxy) is 2. The molecule has 2 atom stereocenters. The van der Waals surface area contributed by atoms with Crippen molar-refractivity contribution in [3.05, 3.63) is 109 Å². The van der Waals surface area contributed by atoms with E-state index in [1.54, 1.807) is 0 Å². The number of carbonyl (C=O) groups excluding carboxylic acids is 1. The molecule has 0 aromatic carbocycles. The van der Waals surface area contributed by atoms with Crippen molar-refractivity contribution in [2.75, 3.05) is 54.1 Å². The molecule has 9 heteroatoms. The number of nitrogens with zero attached hydrogens (tertiary/aromatic N) is 1. The third-order valence-corrected chi connectivity index (χ3v) is 11.8. The van der Waals surface area contributed by atoms with E-state index >= 15 is 0 Å². The van der Waals surface area contributed by atoms with Gasteiger partial charge in [-0.2, -0.15) is 0 Å². The lowest BCUT2D eigenvalue weighted by atomic mass is 10.1. The van der Waals surface area contributed by atoms with Gasteiger partial charge >= 0.3 is 13.8 Å². The number of likely N-dealkylation sites (N-methyl/N-ethyl adjacent to an activating group) is 1. The molecular formula is C58H101NO7P+. The van der Waals surface area contributed by atoms with E-state index in [2.05, 4.69) is 123 Å². The molecule has 0 heterocycles. The molecule has 0 bridgehead atoms. The second-order valence-electron chi connectivity index (χ2n) is 18.5. The molecule has 67 heavy (non-hydrogen) atoms. The summed E-state index contributed by atoms with van der Waals surface area (Å²) in [6.45, 7) is 5.40. The van der Waals surface area contributed by atoms with E-state index in [0.717, 1.165) is 77.0 Å².